The molecule has 0 saturated carbocycles. The molecule has 4 nitrogen and oxygen atoms in total. The van der Waals surface area contributed by atoms with Crippen LogP contribution in [0.4, 0.5) is 0 Å². The van der Waals surface area contributed by atoms with Crippen molar-refractivity contribution in [2.75, 3.05) is 0 Å². The predicted molar refractivity (Wildman–Crippen MR) is 183 cm³/mol. The van der Waals surface area contributed by atoms with Gasteiger partial charge in [0.05, 0.1) is 28.3 Å². The van der Waals surface area contributed by atoms with Crippen LogP contribution < -0.4 is 0 Å². The van der Waals surface area contributed by atoms with Crippen molar-refractivity contribution >= 4 is 46.4 Å². The fourth-order valence-corrected chi connectivity index (χ4v) is 5.95. The standard InChI is InChI=1S/C40H26N4.Fe/c1-2-26-13-15-27(16-14-26)34-25-33-24-32-18-21-36(42-32)38(28-9-5-3-6-10-28)35-20-17-30(41-35)23-31-19-22-37(43-31)39(40(34)44-33)29-11-7-4-8-12-29;/h1,3-25,41,44H;. The fourth-order valence-electron chi connectivity index (χ4n) is 5.95. The molecule has 214 valence electrons. The van der Waals surface area contributed by atoms with Crippen molar-refractivity contribution < 1.29 is 17.1 Å². The summed E-state index contributed by atoms with van der Waals surface area (Å²) >= 11 is 0. The predicted octanol–water partition coefficient (Wildman–Crippen LogP) is 9.64. The Bertz CT molecular complexity index is 2320. The number of fused-ring (bicyclic) bond motifs is 8. The molecule has 5 heterocycles. The Morgan fingerprint density at radius 2 is 1.13 bits per heavy atom. The average molecular weight is 619 g/mol. The van der Waals surface area contributed by atoms with E-state index >= 15 is 0 Å². The van der Waals surface area contributed by atoms with Gasteiger partial charge in [0, 0.05) is 55.9 Å². The van der Waals surface area contributed by atoms with Crippen LogP contribution in [0.1, 0.15) is 28.3 Å². The van der Waals surface area contributed by atoms with Crippen molar-refractivity contribution in [2.24, 2.45) is 0 Å². The summed E-state index contributed by atoms with van der Waals surface area (Å²) in [4.78, 5) is 17.6. The third-order valence-corrected chi connectivity index (χ3v) is 8.00. The first-order valence-electron chi connectivity index (χ1n) is 14.5. The molecule has 2 aliphatic heterocycles. The van der Waals surface area contributed by atoms with Crippen LogP contribution in [0.5, 0.6) is 0 Å². The van der Waals surface area contributed by atoms with Gasteiger partial charge in [0.15, 0.2) is 0 Å². The molecule has 5 heteroatoms. The van der Waals surface area contributed by atoms with E-state index < -0.39 is 0 Å². The zero-order valence-corrected chi connectivity index (χ0v) is 25.2. The number of rotatable bonds is 3. The summed E-state index contributed by atoms with van der Waals surface area (Å²) in [5.74, 6) is 2.73. The minimum atomic E-state index is 0. The fraction of sp³-hybridized carbons (Fsp3) is 0. The molecule has 2 N–H and O–H groups in total. The van der Waals surface area contributed by atoms with Gasteiger partial charge >= 0.3 is 0 Å². The molecule has 0 fully saturated rings. The summed E-state index contributed by atoms with van der Waals surface area (Å²) in [6.07, 6.45) is 14.0. The number of aromatic amines is 2. The second-order valence-corrected chi connectivity index (χ2v) is 10.8. The Kier molecular flexibility index (Phi) is 7.37. The Morgan fingerprint density at radius 1 is 0.533 bits per heavy atom. The molecule has 45 heavy (non-hydrogen) atoms. The SMILES string of the molecule is C#Cc1ccc(-c2cc3cc4nc(c(-c5ccccc5)c5ccc(cc6nc(c(-c7ccccc7)c2[nH]3)C=C6)[nH]5)C=C4)cc1.[Fe]. The van der Waals surface area contributed by atoms with Crippen molar-refractivity contribution in [1.82, 2.24) is 19.9 Å². The minimum absolute atomic E-state index is 0. The zero-order chi connectivity index (χ0) is 29.5. The average Bonchev–Trinajstić information content (AvgIpc) is 3.89. The van der Waals surface area contributed by atoms with E-state index in [2.05, 4.69) is 131 Å². The van der Waals surface area contributed by atoms with E-state index in [1.165, 1.54) is 0 Å². The van der Waals surface area contributed by atoms with Crippen LogP contribution in [0.15, 0.2) is 115 Å². The van der Waals surface area contributed by atoms with Gasteiger partial charge in [0.1, 0.15) is 0 Å². The molecule has 3 aromatic heterocycles. The van der Waals surface area contributed by atoms with E-state index in [0.717, 1.165) is 83.8 Å². The van der Waals surface area contributed by atoms with Gasteiger partial charge in [0.2, 0.25) is 0 Å². The van der Waals surface area contributed by atoms with E-state index in [4.69, 9.17) is 16.4 Å². The summed E-state index contributed by atoms with van der Waals surface area (Å²) in [6, 6.07) is 39.5. The summed E-state index contributed by atoms with van der Waals surface area (Å²) in [5.41, 5.74) is 14.7. The number of nitrogens with zero attached hydrogens (tertiary/aromatic N) is 2. The molecule has 0 radical (unpaired) electrons. The van der Waals surface area contributed by atoms with E-state index in [0.29, 0.717) is 0 Å². The first-order chi connectivity index (χ1) is 21.7. The smallest absolute Gasteiger partial charge is 0.0737 e. The molecule has 0 atom stereocenters. The largest absolute Gasteiger partial charge is 0.355 e. The molecule has 0 aliphatic carbocycles. The molecule has 3 aromatic carbocycles. The normalized spacial score (nSPS) is 11.6. The number of H-pyrrole nitrogens is 2. The Balaban J connectivity index is 0.00000325. The van der Waals surface area contributed by atoms with Gasteiger partial charge in [-0.15, -0.1) is 6.42 Å². The van der Waals surface area contributed by atoms with Crippen LogP contribution in [0.3, 0.4) is 0 Å². The van der Waals surface area contributed by atoms with Gasteiger partial charge in [-0.25, -0.2) is 9.97 Å². The quantitative estimate of drug-likeness (QED) is 0.153. The van der Waals surface area contributed by atoms with Gasteiger partial charge in [-0.05, 0) is 83.5 Å². The monoisotopic (exact) mass is 618 g/mol. The molecule has 0 spiro atoms. The molecular formula is C40H26FeN4. The van der Waals surface area contributed by atoms with Gasteiger partial charge < -0.3 is 9.97 Å². The van der Waals surface area contributed by atoms with Crippen LogP contribution in [-0.2, 0) is 17.1 Å². The number of aromatic nitrogens is 4. The van der Waals surface area contributed by atoms with Crippen LogP contribution in [0.2, 0.25) is 0 Å². The van der Waals surface area contributed by atoms with Crippen LogP contribution in [-0.4, -0.2) is 19.9 Å². The maximum absolute atomic E-state index is 5.68. The molecule has 8 bridgehead atoms. The summed E-state index contributed by atoms with van der Waals surface area (Å²) in [7, 11) is 0. The van der Waals surface area contributed by atoms with Crippen molar-refractivity contribution in [3.63, 3.8) is 0 Å². The number of benzene rings is 3. The minimum Gasteiger partial charge on any atom is -0.355 e. The first kappa shape index (κ1) is 28.1. The molecule has 6 aromatic rings. The number of hydrogen-bond donors (Lipinski definition) is 2. The summed E-state index contributed by atoms with van der Waals surface area (Å²) in [6.45, 7) is 0. The van der Waals surface area contributed by atoms with E-state index in [1.807, 2.05) is 24.3 Å². The number of nitrogens with one attached hydrogen (secondary N) is 2. The molecular weight excluding hydrogens is 592 g/mol. The van der Waals surface area contributed by atoms with Gasteiger partial charge in [0.25, 0.3) is 0 Å². The van der Waals surface area contributed by atoms with E-state index in [1.54, 1.807) is 0 Å². The second-order valence-electron chi connectivity index (χ2n) is 10.8. The molecule has 0 saturated heterocycles. The topological polar surface area (TPSA) is 57.4 Å². The Labute approximate surface area is 271 Å². The zero-order valence-electron chi connectivity index (χ0n) is 24.1. The van der Waals surface area contributed by atoms with Crippen LogP contribution in [0.25, 0.3) is 79.8 Å². The van der Waals surface area contributed by atoms with Crippen molar-refractivity contribution in [2.45, 2.75) is 0 Å². The van der Waals surface area contributed by atoms with Crippen molar-refractivity contribution in [3.05, 3.63) is 144 Å². The third-order valence-electron chi connectivity index (χ3n) is 8.00. The Hall–Kier alpha value is -5.66. The third kappa shape index (κ3) is 5.34. The number of hydrogen-bond acceptors (Lipinski definition) is 2. The summed E-state index contributed by atoms with van der Waals surface area (Å²) in [5, 5.41) is 0. The van der Waals surface area contributed by atoms with Gasteiger partial charge in [-0.2, -0.15) is 0 Å². The van der Waals surface area contributed by atoms with Gasteiger partial charge in [-0.1, -0.05) is 78.7 Å². The Morgan fingerprint density at radius 3 is 1.78 bits per heavy atom. The van der Waals surface area contributed by atoms with E-state index in [-0.39, 0.29) is 17.1 Å². The first-order valence-corrected chi connectivity index (χ1v) is 14.5. The van der Waals surface area contributed by atoms with Crippen LogP contribution >= 0.6 is 0 Å². The number of terminal acetylenes is 1. The molecule has 0 amide bonds. The van der Waals surface area contributed by atoms with Crippen LogP contribution in [0, 0.1) is 12.3 Å². The maximum atomic E-state index is 5.68. The molecule has 2 aliphatic rings. The molecule has 8 rings (SSSR count). The second kappa shape index (κ2) is 11.8. The summed E-state index contributed by atoms with van der Waals surface area (Å²) < 4.78 is 0. The van der Waals surface area contributed by atoms with Crippen molar-refractivity contribution in [3.8, 4) is 45.7 Å². The maximum Gasteiger partial charge on any atom is 0.0737 e. The van der Waals surface area contributed by atoms with Crippen molar-refractivity contribution in [1.29, 1.82) is 0 Å². The molecule has 0 unspecified atom stereocenters. The van der Waals surface area contributed by atoms with Gasteiger partial charge in [-0.3, -0.25) is 0 Å². The van der Waals surface area contributed by atoms with E-state index in [9.17, 15) is 0 Å².